The van der Waals surface area contributed by atoms with Gasteiger partial charge in [0.25, 0.3) is 5.69 Å². The number of benzene rings is 1. The SMILES string of the molecule is CCOC(=O)C1CCN(C(=S)NC(=O)/C=C/c2ccc([N+](=O)[O-])cc2)CC1. The minimum Gasteiger partial charge on any atom is -0.466 e. The Hall–Kier alpha value is -2.81. The molecule has 1 heterocycles. The minimum absolute atomic E-state index is 0.0102. The first kappa shape index (κ1) is 20.5. The number of likely N-dealkylation sites (tertiary alicyclic amines) is 1. The van der Waals surface area contributed by atoms with Gasteiger partial charge in [-0.25, -0.2) is 0 Å². The van der Waals surface area contributed by atoms with Crippen molar-refractivity contribution in [3.05, 3.63) is 46.0 Å². The van der Waals surface area contributed by atoms with E-state index in [0.717, 1.165) is 0 Å². The summed E-state index contributed by atoms with van der Waals surface area (Å²) >= 11 is 5.25. The van der Waals surface area contributed by atoms with Crippen molar-refractivity contribution in [2.45, 2.75) is 19.8 Å². The number of carbonyl (C=O) groups is 2. The Kier molecular flexibility index (Phi) is 7.42. The molecule has 9 heteroatoms. The summed E-state index contributed by atoms with van der Waals surface area (Å²) in [6.45, 7) is 3.31. The number of nitrogens with zero attached hydrogens (tertiary/aromatic N) is 2. The fourth-order valence-corrected chi connectivity index (χ4v) is 2.97. The number of nitro benzene ring substituents is 1. The highest BCUT2D eigenvalue weighted by atomic mass is 32.1. The molecule has 0 aromatic heterocycles. The second-order valence-corrected chi connectivity index (χ2v) is 6.38. The first-order chi connectivity index (χ1) is 12.9. The molecule has 1 aliphatic heterocycles. The molecule has 8 nitrogen and oxygen atoms in total. The predicted octanol–water partition coefficient (Wildman–Crippen LogP) is 2.28. The smallest absolute Gasteiger partial charge is 0.309 e. The summed E-state index contributed by atoms with van der Waals surface area (Å²) in [5.41, 5.74) is 0.654. The van der Waals surface area contributed by atoms with Crippen LogP contribution in [0.25, 0.3) is 6.08 Å². The van der Waals surface area contributed by atoms with Crippen molar-refractivity contribution in [2.75, 3.05) is 19.7 Å². The summed E-state index contributed by atoms with van der Waals surface area (Å²) in [5.74, 6) is -0.689. The average molecular weight is 391 g/mol. The monoisotopic (exact) mass is 391 g/mol. The zero-order chi connectivity index (χ0) is 19.8. The van der Waals surface area contributed by atoms with Crippen LogP contribution in [0.1, 0.15) is 25.3 Å². The van der Waals surface area contributed by atoms with Crippen molar-refractivity contribution < 1.29 is 19.2 Å². The first-order valence-corrected chi connectivity index (χ1v) is 9.00. The third-order valence-electron chi connectivity index (χ3n) is 4.16. The van der Waals surface area contributed by atoms with Crippen LogP contribution in [0.3, 0.4) is 0 Å². The first-order valence-electron chi connectivity index (χ1n) is 8.59. The second kappa shape index (κ2) is 9.77. The van der Waals surface area contributed by atoms with Crippen LogP contribution in [-0.4, -0.2) is 46.5 Å². The zero-order valence-electron chi connectivity index (χ0n) is 14.9. The van der Waals surface area contributed by atoms with Gasteiger partial charge in [0.1, 0.15) is 0 Å². The standard InChI is InChI=1S/C18H21N3O5S/c1-2-26-17(23)14-9-11-20(12-10-14)18(27)19-16(22)8-5-13-3-6-15(7-4-13)21(24)25/h3-8,14H,2,9-12H2,1H3,(H,19,22,27)/b8-5+. The molecule has 1 aromatic rings. The van der Waals surface area contributed by atoms with Gasteiger partial charge in [-0.2, -0.15) is 0 Å². The number of thiocarbonyl (C=S) groups is 1. The molecule has 1 N–H and O–H groups in total. The minimum atomic E-state index is -0.482. The van der Waals surface area contributed by atoms with E-state index < -0.39 is 4.92 Å². The maximum Gasteiger partial charge on any atom is 0.309 e. The van der Waals surface area contributed by atoms with E-state index in [9.17, 15) is 19.7 Å². The summed E-state index contributed by atoms with van der Waals surface area (Å²) in [4.78, 5) is 35.7. The number of carbonyl (C=O) groups excluding carboxylic acids is 2. The molecule has 1 saturated heterocycles. The van der Waals surface area contributed by atoms with Crippen LogP contribution in [0.4, 0.5) is 5.69 Å². The van der Waals surface area contributed by atoms with Crippen molar-refractivity contribution in [1.29, 1.82) is 0 Å². The van der Waals surface area contributed by atoms with Crippen molar-refractivity contribution in [1.82, 2.24) is 10.2 Å². The summed E-state index contributed by atoms with van der Waals surface area (Å²) in [5, 5.41) is 13.6. The van der Waals surface area contributed by atoms with E-state index in [2.05, 4.69) is 5.32 Å². The molecule has 0 spiro atoms. The molecule has 1 fully saturated rings. The molecule has 144 valence electrons. The fourth-order valence-electron chi connectivity index (χ4n) is 2.68. The summed E-state index contributed by atoms with van der Waals surface area (Å²) in [7, 11) is 0. The molecule has 27 heavy (non-hydrogen) atoms. The Bertz CT molecular complexity index is 740. The van der Waals surface area contributed by atoms with Crippen LogP contribution in [0.5, 0.6) is 0 Å². The zero-order valence-corrected chi connectivity index (χ0v) is 15.7. The lowest BCUT2D eigenvalue weighted by atomic mass is 9.97. The van der Waals surface area contributed by atoms with Crippen molar-refractivity contribution in [3.63, 3.8) is 0 Å². The number of non-ortho nitro benzene ring substituents is 1. The number of amides is 1. The Morgan fingerprint density at radius 2 is 1.96 bits per heavy atom. The van der Waals surface area contributed by atoms with Crippen LogP contribution in [0.2, 0.25) is 0 Å². The Morgan fingerprint density at radius 1 is 1.33 bits per heavy atom. The molecule has 1 amide bonds. The highest BCUT2D eigenvalue weighted by Gasteiger charge is 2.27. The number of ether oxygens (including phenoxy) is 1. The normalized spacial score (nSPS) is 14.8. The van der Waals surface area contributed by atoms with E-state index in [0.29, 0.717) is 43.2 Å². The van der Waals surface area contributed by atoms with Gasteiger partial charge in [0.2, 0.25) is 5.91 Å². The van der Waals surface area contributed by atoms with Gasteiger partial charge in [0.15, 0.2) is 5.11 Å². The van der Waals surface area contributed by atoms with Crippen LogP contribution < -0.4 is 5.32 Å². The van der Waals surface area contributed by atoms with Gasteiger partial charge >= 0.3 is 5.97 Å². The summed E-state index contributed by atoms with van der Waals surface area (Å²) < 4.78 is 5.03. The molecule has 0 bridgehead atoms. The number of hydrogen-bond acceptors (Lipinski definition) is 6. The highest BCUT2D eigenvalue weighted by molar-refractivity contribution is 7.80. The Morgan fingerprint density at radius 3 is 2.52 bits per heavy atom. The van der Waals surface area contributed by atoms with Crippen molar-refractivity contribution >= 4 is 41.0 Å². The van der Waals surface area contributed by atoms with Gasteiger partial charge < -0.3 is 9.64 Å². The van der Waals surface area contributed by atoms with Crippen LogP contribution in [0, 0.1) is 16.0 Å². The molecular weight excluding hydrogens is 370 g/mol. The van der Waals surface area contributed by atoms with E-state index >= 15 is 0 Å². The van der Waals surface area contributed by atoms with E-state index in [1.807, 2.05) is 4.90 Å². The van der Waals surface area contributed by atoms with Gasteiger partial charge in [0.05, 0.1) is 17.4 Å². The van der Waals surface area contributed by atoms with E-state index in [-0.39, 0.29) is 23.5 Å². The molecule has 0 unspecified atom stereocenters. The molecule has 1 aromatic carbocycles. The number of rotatable bonds is 5. The topological polar surface area (TPSA) is 102 Å². The largest absolute Gasteiger partial charge is 0.466 e. The van der Waals surface area contributed by atoms with Crippen molar-refractivity contribution in [3.8, 4) is 0 Å². The lowest BCUT2D eigenvalue weighted by molar-refractivity contribution is -0.384. The quantitative estimate of drug-likeness (QED) is 0.270. The van der Waals surface area contributed by atoms with Crippen LogP contribution >= 0.6 is 12.2 Å². The molecule has 0 aliphatic carbocycles. The van der Waals surface area contributed by atoms with Crippen LogP contribution in [-0.2, 0) is 14.3 Å². The maximum absolute atomic E-state index is 12.0. The second-order valence-electron chi connectivity index (χ2n) is 5.99. The van der Waals surface area contributed by atoms with Gasteiger partial charge in [-0.05, 0) is 55.8 Å². The molecule has 0 atom stereocenters. The Balaban J connectivity index is 1.81. The maximum atomic E-state index is 12.0. The van der Waals surface area contributed by atoms with E-state index in [1.54, 1.807) is 25.1 Å². The summed E-state index contributed by atoms with van der Waals surface area (Å²) in [6.07, 6.45) is 4.13. The lowest BCUT2D eigenvalue weighted by Gasteiger charge is -2.32. The van der Waals surface area contributed by atoms with Gasteiger partial charge in [-0.1, -0.05) is 0 Å². The molecule has 0 radical (unpaired) electrons. The highest BCUT2D eigenvalue weighted by Crippen LogP contribution is 2.18. The lowest BCUT2D eigenvalue weighted by Crippen LogP contribution is -2.46. The van der Waals surface area contributed by atoms with Gasteiger partial charge in [-0.3, -0.25) is 25.0 Å². The number of esters is 1. The fraction of sp³-hybridized carbons (Fsp3) is 0.389. The Labute approximate surface area is 162 Å². The molecule has 2 rings (SSSR count). The van der Waals surface area contributed by atoms with E-state index in [4.69, 9.17) is 17.0 Å². The molecular formula is C18H21N3O5S. The third kappa shape index (κ3) is 6.14. The van der Waals surface area contributed by atoms with Crippen molar-refractivity contribution in [2.24, 2.45) is 5.92 Å². The van der Waals surface area contributed by atoms with Gasteiger partial charge in [0, 0.05) is 31.3 Å². The van der Waals surface area contributed by atoms with Gasteiger partial charge in [-0.15, -0.1) is 0 Å². The number of hydrogen-bond donors (Lipinski definition) is 1. The third-order valence-corrected chi connectivity index (χ3v) is 4.52. The molecule has 0 saturated carbocycles. The number of nitro groups is 1. The average Bonchev–Trinajstić information content (AvgIpc) is 2.67. The summed E-state index contributed by atoms with van der Waals surface area (Å²) in [6, 6.07) is 5.85. The van der Waals surface area contributed by atoms with Crippen LogP contribution in [0.15, 0.2) is 30.3 Å². The number of piperidine rings is 1. The molecule has 1 aliphatic rings. The predicted molar refractivity (Wildman–Crippen MR) is 104 cm³/mol. The number of nitrogens with one attached hydrogen (secondary N) is 1. The van der Waals surface area contributed by atoms with E-state index in [1.165, 1.54) is 18.2 Å².